The van der Waals surface area contributed by atoms with Crippen molar-refractivity contribution in [3.05, 3.63) is 30.1 Å². The van der Waals surface area contributed by atoms with E-state index in [1.165, 1.54) is 37.8 Å². The second-order valence-electron chi connectivity index (χ2n) is 5.88. The predicted molar refractivity (Wildman–Crippen MR) is 78.0 cm³/mol. The van der Waals surface area contributed by atoms with Crippen LogP contribution in [0.4, 0.5) is 0 Å². The first-order valence-electron chi connectivity index (χ1n) is 7.81. The van der Waals surface area contributed by atoms with Gasteiger partial charge in [0.05, 0.1) is 11.7 Å². The summed E-state index contributed by atoms with van der Waals surface area (Å²) in [6.45, 7) is 4.57. The van der Waals surface area contributed by atoms with Gasteiger partial charge in [-0.15, -0.1) is 0 Å². The van der Waals surface area contributed by atoms with Gasteiger partial charge >= 0.3 is 0 Å². The van der Waals surface area contributed by atoms with Gasteiger partial charge in [0.25, 0.3) is 0 Å². The molecule has 0 amide bonds. The summed E-state index contributed by atoms with van der Waals surface area (Å²) in [5.74, 6) is 0.807. The molecule has 19 heavy (non-hydrogen) atoms. The van der Waals surface area contributed by atoms with Gasteiger partial charge in [0.15, 0.2) is 0 Å². The van der Waals surface area contributed by atoms with Crippen LogP contribution in [0.1, 0.15) is 43.8 Å². The third kappa shape index (κ3) is 3.15. The van der Waals surface area contributed by atoms with Crippen LogP contribution in [0.2, 0.25) is 0 Å². The van der Waals surface area contributed by atoms with Crippen molar-refractivity contribution in [1.82, 2.24) is 15.2 Å². The van der Waals surface area contributed by atoms with Gasteiger partial charge in [0.1, 0.15) is 0 Å². The van der Waals surface area contributed by atoms with Crippen molar-refractivity contribution in [3.63, 3.8) is 0 Å². The van der Waals surface area contributed by atoms with E-state index in [4.69, 9.17) is 0 Å². The summed E-state index contributed by atoms with van der Waals surface area (Å²) < 4.78 is 0. The maximum Gasteiger partial charge on any atom is 0.0578 e. The normalized spacial score (nSPS) is 24.2. The second kappa shape index (κ2) is 6.49. The van der Waals surface area contributed by atoms with Gasteiger partial charge in [-0.05, 0) is 30.9 Å². The summed E-state index contributed by atoms with van der Waals surface area (Å²) in [4.78, 5) is 7.33. The molecule has 1 N–H and O–H groups in total. The Morgan fingerprint density at radius 3 is 2.58 bits per heavy atom. The van der Waals surface area contributed by atoms with Gasteiger partial charge in [-0.2, -0.15) is 0 Å². The molecule has 1 aromatic rings. The Kier molecular flexibility index (Phi) is 4.46. The molecule has 1 aliphatic carbocycles. The fourth-order valence-corrected chi connectivity index (χ4v) is 3.69. The SMILES string of the molecule is c1ccc([C@@H](C2CCCCC2)N2CCNCC2)nc1. The highest BCUT2D eigenvalue weighted by Gasteiger charge is 2.31. The molecule has 0 aromatic carbocycles. The standard InChI is InChI=1S/C16H25N3/c1-2-6-14(7-3-1)16(15-8-4-5-9-18-15)19-12-10-17-11-13-19/h4-5,8-9,14,16-17H,1-3,6-7,10-13H2/t16-/m1/s1. The molecular formula is C16H25N3. The van der Waals surface area contributed by atoms with E-state index in [0.717, 1.165) is 32.1 Å². The Morgan fingerprint density at radius 2 is 1.89 bits per heavy atom. The van der Waals surface area contributed by atoms with E-state index in [-0.39, 0.29) is 0 Å². The van der Waals surface area contributed by atoms with E-state index >= 15 is 0 Å². The van der Waals surface area contributed by atoms with E-state index in [0.29, 0.717) is 6.04 Å². The maximum absolute atomic E-state index is 4.67. The Morgan fingerprint density at radius 1 is 1.11 bits per heavy atom. The zero-order valence-corrected chi connectivity index (χ0v) is 11.7. The van der Waals surface area contributed by atoms with Crippen molar-refractivity contribution in [2.45, 2.75) is 38.1 Å². The number of hydrogen-bond donors (Lipinski definition) is 1. The highest BCUT2D eigenvalue weighted by molar-refractivity contribution is 5.11. The minimum Gasteiger partial charge on any atom is -0.314 e. The molecule has 1 atom stereocenters. The Balaban J connectivity index is 1.81. The van der Waals surface area contributed by atoms with Crippen LogP contribution >= 0.6 is 0 Å². The van der Waals surface area contributed by atoms with Crippen LogP contribution in [-0.2, 0) is 0 Å². The molecule has 0 unspecified atom stereocenters. The van der Waals surface area contributed by atoms with E-state index in [1.807, 2.05) is 12.3 Å². The number of aromatic nitrogens is 1. The van der Waals surface area contributed by atoms with Gasteiger partial charge in [-0.3, -0.25) is 9.88 Å². The largest absolute Gasteiger partial charge is 0.314 e. The Bertz CT molecular complexity index is 349. The zero-order chi connectivity index (χ0) is 12.9. The third-order valence-corrected chi connectivity index (χ3v) is 4.63. The number of nitrogens with zero attached hydrogens (tertiary/aromatic N) is 2. The molecule has 3 rings (SSSR count). The average Bonchev–Trinajstić information content (AvgIpc) is 2.51. The maximum atomic E-state index is 4.67. The van der Waals surface area contributed by atoms with E-state index in [9.17, 15) is 0 Å². The number of rotatable bonds is 3. The summed E-state index contributed by atoms with van der Waals surface area (Å²) in [6.07, 6.45) is 8.94. The molecule has 1 aliphatic heterocycles. The third-order valence-electron chi connectivity index (χ3n) is 4.63. The van der Waals surface area contributed by atoms with Crippen molar-refractivity contribution in [1.29, 1.82) is 0 Å². The molecule has 2 fully saturated rings. The fourth-order valence-electron chi connectivity index (χ4n) is 3.69. The molecule has 2 heterocycles. The zero-order valence-electron chi connectivity index (χ0n) is 11.7. The summed E-state index contributed by atoms with van der Waals surface area (Å²) >= 11 is 0. The van der Waals surface area contributed by atoms with Gasteiger partial charge in [0.2, 0.25) is 0 Å². The quantitative estimate of drug-likeness (QED) is 0.904. The minimum absolute atomic E-state index is 0.545. The molecule has 0 radical (unpaired) electrons. The van der Waals surface area contributed by atoms with Gasteiger partial charge in [0, 0.05) is 32.4 Å². The smallest absolute Gasteiger partial charge is 0.0578 e. The van der Waals surface area contributed by atoms with E-state index in [2.05, 4.69) is 27.3 Å². The van der Waals surface area contributed by atoms with Crippen LogP contribution in [0.5, 0.6) is 0 Å². The lowest BCUT2D eigenvalue weighted by Crippen LogP contribution is -2.47. The first kappa shape index (κ1) is 13.1. The molecule has 3 nitrogen and oxygen atoms in total. The molecule has 1 saturated carbocycles. The van der Waals surface area contributed by atoms with E-state index < -0.39 is 0 Å². The molecule has 3 heteroatoms. The van der Waals surface area contributed by atoms with Crippen molar-refractivity contribution in [2.24, 2.45) is 5.92 Å². The lowest BCUT2D eigenvalue weighted by Gasteiger charge is -2.40. The lowest BCUT2D eigenvalue weighted by molar-refractivity contribution is 0.100. The van der Waals surface area contributed by atoms with E-state index in [1.54, 1.807) is 0 Å². The second-order valence-corrected chi connectivity index (χ2v) is 5.88. The van der Waals surface area contributed by atoms with Crippen LogP contribution in [-0.4, -0.2) is 36.1 Å². The van der Waals surface area contributed by atoms with Gasteiger partial charge in [-0.1, -0.05) is 25.3 Å². The first-order valence-corrected chi connectivity index (χ1v) is 7.81. The van der Waals surface area contributed by atoms with Crippen molar-refractivity contribution in [3.8, 4) is 0 Å². The van der Waals surface area contributed by atoms with Crippen molar-refractivity contribution in [2.75, 3.05) is 26.2 Å². The predicted octanol–water partition coefficient (Wildman–Crippen LogP) is 2.61. The first-order chi connectivity index (χ1) is 9.45. The summed E-state index contributed by atoms with van der Waals surface area (Å²) in [5.41, 5.74) is 1.29. The number of pyridine rings is 1. The molecular weight excluding hydrogens is 234 g/mol. The summed E-state index contributed by atoms with van der Waals surface area (Å²) in [7, 11) is 0. The number of hydrogen-bond acceptors (Lipinski definition) is 3. The van der Waals surface area contributed by atoms with Crippen LogP contribution in [0.15, 0.2) is 24.4 Å². The molecule has 2 aliphatic rings. The van der Waals surface area contributed by atoms with Gasteiger partial charge in [-0.25, -0.2) is 0 Å². The van der Waals surface area contributed by atoms with Crippen LogP contribution < -0.4 is 5.32 Å². The minimum atomic E-state index is 0.545. The topological polar surface area (TPSA) is 28.2 Å². The fraction of sp³-hybridized carbons (Fsp3) is 0.688. The summed E-state index contributed by atoms with van der Waals surface area (Å²) in [5, 5.41) is 3.46. The van der Waals surface area contributed by atoms with Crippen LogP contribution in [0.3, 0.4) is 0 Å². The molecule has 1 saturated heterocycles. The number of nitrogens with one attached hydrogen (secondary N) is 1. The van der Waals surface area contributed by atoms with Gasteiger partial charge < -0.3 is 5.32 Å². The Labute approximate surface area is 116 Å². The molecule has 0 spiro atoms. The molecule has 1 aromatic heterocycles. The van der Waals surface area contributed by atoms with Crippen LogP contribution in [0.25, 0.3) is 0 Å². The highest BCUT2D eigenvalue weighted by atomic mass is 15.2. The van der Waals surface area contributed by atoms with Crippen molar-refractivity contribution < 1.29 is 0 Å². The molecule has 104 valence electrons. The Hall–Kier alpha value is -0.930. The van der Waals surface area contributed by atoms with Crippen molar-refractivity contribution >= 4 is 0 Å². The average molecular weight is 259 g/mol. The summed E-state index contributed by atoms with van der Waals surface area (Å²) in [6, 6.07) is 6.93. The monoisotopic (exact) mass is 259 g/mol. The number of piperazine rings is 1. The highest BCUT2D eigenvalue weighted by Crippen LogP contribution is 2.37. The molecule has 0 bridgehead atoms. The van der Waals surface area contributed by atoms with Crippen LogP contribution in [0, 0.1) is 5.92 Å². The lowest BCUT2D eigenvalue weighted by atomic mass is 9.81.